The number of piperidine rings is 1. The van der Waals surface area contributed by atoms with Crippen molar-refractivity contribution in [2.24, 2.45) is 11.8 Å². The summed E-state index contributed by atoms with van der Waals surface area (Å²) in [6.45, 7) is 6.07. The molecule has 2 aromatic heterocycles. The summed E-state index contributed by atoms with van der Waals surface area (Å²) in [5, 5.41) is 11.8. The van der Waals surface area contributed by atoms with E-state index in [9.17, 15) is 4.79 Å². The van der Waals surface area contributed by atoms with Gasteiger partial charge in [0.05, 0.1) is 11.3 Å². The molecular weight excluding hydrogens is 476 g/mol. The number of aryl methyl sites for hydroxylation is 1. The van der Waals surface area contributed by atoms with Crippen molar-refractivity contribution in [1.29, 1.82) is 0 Å². The van der Waals surface area contributed by atoms with E-state index in [2.05, 4.69) is 32.8 Å². The van der Waals surface area contributed by atoms with Gasteiger partial charge in [-0.05, 0) is 68.5 Å². The van der Waals surface area contributed by atoms with Crippen molar-refractivity contribution < 1.29 is 9.53 Å². The minimum absolute atomic E-state index is 0.0808. The molecule has 194 valence electrons. The Hall–Kier alpha value is -4.04. The number of nitrogens with one attached hydrogen (secondary N) is 3. The highest BCUT2D eigenvalue weighted by atomic mass is 16.5. The number of carbonyl (C=O) groups excluding carboxylic acids is 1. The predicted molar refractivity (Wildman–Crippen MR) is 149 cm³/mol. The number of hydrogen-bond acceptors (Lipinski definition) is 7. The largest absolute Gasteiger partial charge is 0.437 e. The Morgan fingerprint density at radius 3 is 2.76 bits per heavy atom. The van der Waals surface area contributed by atoms with Gasteiger partial charge in [0.25, 0.3) is 0 Å². The zero-order valence-corrected chi connectivity index (χ0v) is 21.7. The van der Waals surface area contributed by atoms with Crippen LogP contribution in [0.3, 0.4) is 0 Å². The Balaban J connectivity index is 1.31. The fourth-order valence-corrected chi connectivity index (χ4v) is 5.10. The van der Waals surface area contributed by atoms with E-state index in [1.807, 2.05) is 55.5 Å². The van der Waals surface area contributed by atoms with E-state index in [0.29, 0.717) is 29.5 Å². The number of pyridine rings is 1. The lowest BCUT2D eigenvalue weighted by molar-refractivity contribution is -0.117. The summed E-state index contributed by atoms with van der Waals surface area (Å²) in [6, 6.07) is 16.0. The molecule has 4 aromatic rings. The summed E-state index contributed by atoms with van der Waals surface area (Å²) in [5.74, 6) is 2.40. The van der Waals surface area contributed by atoms with Gasteiger partial charge in [-0.25, -0.2) is 15.0 Å². The molecule has 1 saturated carbocycles. The van der Waals surface area contributed by atoms with Gasteiger partial charge in [0.1, 0.15) is 5.75 Å². The van der Waals surface area contributed by atoms with Crippen LogP contribution in [0.4, 0.5) is 11.6 Å². The first-order chi connectivity index (χ1) is 18.6. The number of rotatable bonds is 7. The fraction of sp³-hybridized carbons (Fsp3) is 0.333. The Morgan fingerprint density at radius 1 is 1.05 bits per heavy atom. The maximum Gasteiger partial charge on any atom is 0.228 e. The average molecular weight is 509 g/mol. The van der Waals surface area contributed by atoms with Gasteiger partial charge in [0.15, 0.2) is 0 Å². The summed E-state index contributed by atoms with van der Waals surface area (Å²) < 4.78 is 6.52. The molecule has 8 heteroatoms. The monoisotopic (exact) mass is 508 g/mol. The van der Waals surface area contributed by atoms with E-state index >= 15 is 0 Å². The fourth-order valence-electron chi connectivity index (χ4n) is 5.10. The minimum atomic E-state index is 0.0808. The summed E-state index contributed by atoms with van der Waals surface area (Å²) in [5.41, 5.74) is 3.28. The van der Waals surface area contributed by atoms with Crippen LogP contribution in [0, 0.1) is 18.8 Å². The van der Waals surface area contributed by atoms with Gasteiger partial charge < -0.3 is 20.7 Å². The molecule has 0 bridgehead atoms. The molecule has 3 heterocycles. The number of benzene rings is 2. The molecule has 2 fully saturated rings. The van der Waals surface area contributed by atoms with Gasteiger partial charge in [0.2, 0.25) is 17.7 Å². The standard InChI is InChI=1S/C30H32N6O2/c1-18-10-11-21-22(7-3-9-25(21)35-28(37)24-16-19(24)2)27(18)38-29-23(8-5-14-32-29)26-12-15-33-30(36-26)34-20-6-4-13-31-17-20/h3,5,7-12,14-15,19-20,24,31H,4,6,13,16-17H2,1-2H3,(H,35,37)(H,33,34,36)/t19-,20?,24+/m1/s1. The number of fused-ring (bicyclic) bond motifs is 1. The van der Waals surface area contributed by atoms with Crippen molar-refractivity contribution in [1.82, 2.24) is 20.3 Å². The molecule has 3 N–H and O–H groups in total. The Kier molecular flexibility index (Phi) is 6.64. The molecule has 0 spiro atoms. The molecule has 1 aliphatic carbocycles. The zero-order chi connectivity index (χ0) is 26.1. The molecule has 6 rings (SSSR count). The number of hydrogen-bond donors (Lipinski definition) is 3. The molecule has 2 aromatic carbocycles. The second-order valence-electron chi connectivity index (χ2n) is 10.3. The van der Waals surface area contributed by atoms with E-state index < -0.39 is 0 Å². The molecular formula is C30H32N6O2. The first-order valence-electron chi connectivity index (χ1n) is 13.3. The molecule has 2 aliphatic rings. The lowest BCUT2D eigenvalue weighted by Crippen LogP contribution is -2.38. The van der Waals surface area contributed by atoms with Crippen molar-refractivity contribution in [3.8, 4) is 22.9 Å². The van der Waals surface area contributed by atoms with Gasteiger partial charge in [0, 0.05) is 47.4 Å². The number of nitrogens with zero attached hydrogens (tertiary/aromatic N) is 3. The molecule has 38 heavy (non-hydrogen) atoms. The van der Waals surface area contributed by atoms with Crippen LogP contribution < -0.4 is 20.7 Å². The molecule has 1 saturated heterocycles. The highest BCUT2D eigenvalue weighted by Gasteiger charge is 2.39. The van der Waals surface area contributed by atoms with Gasteiger partial charge in [-0.15, -0.1) is 0 Å². The second kappa shape index (κ2) is 10.4. The average Bonchev–Trinajstić information content (AvgIpc) is 3.68. The summed E-state index contributed by atoms with van der Waals surface area (Å²) in [6.07, 6.45) is 6.65. The van der Waals surface area contributed by atoms with Crippen LogP contribution in [0.15, 0.2) is 60.9 Å². The quantitative estimate of drug-likeness (QED) is 0.301. The third kappa shape index (κ3) is 5.04. The molecule has 1 amide bonds. The van der Waals surface area contributed by atoms with E-state index in [4.69, 9.17) is 9.72 Å². The second-order valence-corrected chi connectivity index (χ2v) is 10.3. The number of carbonyl (C=O) groups is 1. The van der Waals surface area contributed by atoms with Gasteiger partial charge >= 0.3 is 0 Å². The maximum atomic E-state index is 12.7. The molecule has 3 atom stereocenters. The molecule has 1 unspecified atom stereocenters. The van der Waals surface area contributed by atoms with Crippen LogP contribution >= 0.6 is 0 Å². The van der Waals surface area contributed by atoms with Crippen LogP contribution in [0.5, 0.6) is 11.6 Å². The number of aromatic nitrogens is 3. The van der Waals surface area contributed by atoms with Gasteiger partial charge in [-0.2, -0.15) is 0 Å². The summed E-state index contributed by atoms with van der Waals surface area (Å²) in [7, 11) is 0. The van der Waals surface area contributed by atoms with Crippen molar-refractivity contribution in [2.75, 3.05) is 23.7 Å². The highest BCUT2D eigenvalue weighted by Crippen LogP contribution is 2.41. The van der Waals surface area contributed by atoms with Crippen molar-refractivity contribution >= 4 is 28.3 Å². The topological polar surface area (TPSA) is 101 Å². The van der Waals surface area contributed by atoms with Crippen LogP contribution in [0.25, 0.3) is 22.0 Å². The van der Waals surface area contributed by atoms with E-state index in [1.54, 1.807) is 12.4 Å². The number of ether oxygens (including phenoxy) is 1. The molecule has 1 aliphatic heterocycles. The maximum absolute atomic E-state index is 12.7. The van der Waals surface area contributed by atoms with Crippen molar-refractivity contribution in [3.05, 3.63) is 66.5 Å². The van der Waals surface area contributed by atoms with Gasteiger partial charge in [-0.3, -0.25) is 4.79 Å². The number of amides is 1. The van der Waals surface area contributed by atoms with Crippen LogP contribution in [0.1, 0.15) is 31.7 Å². The first kappa shape index (κ1) is 24.3. The molecule has 0 radical (unpaired) electrons. The predicted octanol–water partition coefficient (Wildman–Crippen LogP) is 5.55. The van der Waals surface area contributed by atoms with E-state index in [-0.39, 0.29) is 11.8 Å². The minimum Gasteiger partial charge on any atom is -0.437 e. The van der Waals surface area contributed by atoms with Crippen LogP contribution in [-0.2, 0) is 4.79 Å². The third-order valence-corrected chi connectivity index (χ3v) is 7.44. The normalized spacial score (nSPS) is 20.6. The lowest BCUT2D eigenvalue weighted by Gasteiger charge is -2.23. The Bertz CT molecular complexity index is 1480. The van der Waals surface area contributed by atoms with E-state index in [0.717, 1.165) is 65.6 Å². The Morgan fingerprint density at radius 2 is 1.95 bits per heavy atom. The first-order valence-corrected chi connectivity index (χ1v) is 13.3. The van der Waals surface area contributed by atoms with Crippen molar-refractivity contribution in [3.63, 3.8) is 0 Å². The van der Waals surface area contributed by atoms with Crippen LogP contribution in [0.2, 0.25) is 0 Å². The lowest BCUT2D eigenvalue weighted by atomic mass is 10.0. The summed E-state index contributed by atoms with van der Waals surface area (Å²) in [4.78, 5) is 26.4. The van der Waals surface area contributed by atoms with Gasteiger partial charge in [-0.1, -0.05) is 31.2 Å². The Labute approximate surface area is 222 Å². The highest BCUT2D eigenvalue weighted by molar-refractivity contribution is 6.05. The molecule has 8 nitrogen and oxygen atoms in total. The SMILES string of the molecule is Cc1ccc2c(NC(=O)[C@H]3C[C@H]3C)cccc2c1Oc1ncccc1-c1ccnc(NC2CCCNC2)n1. The zero-order valence-electron chi connectivity index (χ0n) is 21.7. The van der Waals surface area contributed by atoms with Crippen LogP contribution in [-0.4, -0.2) is 40.0 Å². The number of anilines is 2. The third-order valence-electron chi connectivity index (χ3n) is 7.44. The van der Waals surface area contributed by atoms with Crippen molar-refractivity contribution in [2.45, 2.75) is 39.2 Å². The smallest absolute Gasteiger partial charge is 0.228 e. The summed E-state index contributed by atoms with van der Waals surface area (Å²) >= 11 is 0. The van der Waals surface area contributed by atoms with E-state index in [1.165, 1.54) is 0 Å².